The first-order chi connectivity index (χ1) is 68.0. The van der Waals surface area contributed by atoms with E-state index in [0.29, 0.717) is 0 Å². The van der Waals surface area contributed by atoms with Gasteiger partial charge in [0.25, 0.3) is 0 Å². The van der Waals surface area contributed by atoms with E-state index in [4.69, 9.17) is 0 Å². The van der Waals surface area contributed by atoms with E-state index in [-0.39, 0.29) is 21.7 Å². The lowest BCUT2D eigenvalue weighted by Gasteiger charge is -2.61. The summed E-state index contributed by atoms with van der Waals surface area (Å²) in [7, 11) is 0. The molecule has 3 nitrogen and oxygen atoms in total. The number of hydrogen-bond acceptors (Lipinski definition) is 3. The van der Waals surface area contributed by atoms with E-state index < -0.39 is 0 Å². The quantitative estimate of drug-likeness (QED) is 0.120. The smallest absolute Gasteiger partial charge is 0.0468 e. The highest BCUT2D eigenvalue weighted by molar-refractivity contribution is 6.09. The van der Waals surface area contributed by atoms with Crippen LogP contribution in [0.1, 0.15) is 155 Å². The number of benzene rings is 18. The van der Waals surface area contributed by atoms with Gasteiger partial charge in [0.05, 0.1) is 0 Å². The molecule has 12 bridgehead atoms. The van der Waals surface area contributed by atoms with Crippen LogP contribution in [0, 0.1) is 71.0 Å². The molecule has 18 aromatic rings. The van der Waals surface area contributed by atoms with Crippen molar-refractivity contribution in [3.05, 3.63) is 451 Å². The molecule has 0 heterocycles. The van der Waals surface area contributed by atoms with Crippen molar-refractivity contribution < 1.29 is 0 Å². The zero-order valence-corrected chi connectivity index (χ0v) is 79.1. The zero-order valence-electron chi connectivity index (χ0n) is 79.1. The zero-order chi connectivity index (χ0) is 90.9. The van der Waals surface area contributed by atoms with Gasteiger partial charge in [-0.15, -0.1) is 0 Å². The van der Waals surface area contributed by atoms with Crippen LogP contribution in [0.15, 0.2) is 406 Å². The lowest BCUT2D eigenvalue weighted by molar-refractivity contribution is -0.0399. The predicted octanol–water partition coefficient (Wildman–Crippen LogP) is 35.7. The molecule has 0 N–H and O–H groups in total. The third-order valence-electron chi connectivity index (χ3n) is 37.6. The highest BCUT2D eigenvalue weighted by Crippen LogP contribution is 2.74. The summed E-state index contributed by atoms with van der Waals surface area (Å²) in [4.78, 5) is 7.38. The Kier molecular flexibility index (Phi) is 18.5. The molecule has 16 aliphatic rings. The topological polar surface area (TPSA) is 9.72 Å². The van der Waals surface area contributed by atoms with Gasteiger partial charge in [-0.3, -0.25) is 0 Å². The van der Waals surface area contributed by atoms with Gasteiger partial charge >= 0.3 is 0 Å². The molecule has 18 aromatic carbocycles. The average Bonchev–Trinajstić information content (AvgIpc) is 1.51. The molecule has 670 valence electrons. The second kappa shape index (κ2) is 31.3. The molecule has 12 fully saturated rings. The number of anilines is 9. The molecule has 3 heteroatoms. The Labute approximate surface area is 813 Å². The summed E-state index contributed by atoms with van der Waals surface area (Å²) in [5, 5.41) is 7.74. The van der Waals surface area contributed by atoms with Gasteiger partial charge in [0.15, 0.2) is 0 Å². The molecule has 0 aliphatic heterocycles. The Balaban J connectivity index is 0.000000100. The van der Waals surface area contributed by atoms with E-state index in [1.54, 1.807) is 33.4 Å². The van der Waals surface area contributed by atoms with Gasteiger partial charge in [-0.1, -0.05) is 299 Å². The first kappa shape index (κ1) is 81.3. The van der Waals surface area contributed by atoms with Crippen molar-refractivity contribution in [2.45, 2.75) is 132 Å². The van der Waals surface area contributed by atoms with Crippen LogP contribution in [-0.4, -0.2) is 0 Å². The summed E-state index contributed by atoms with van der Waals surface area (Å²) in [6, 6.07) is 154. The first-order valence-electron chi connectivity index (χ1n) is 52.2. The van der Waals surface area contributed by atoms with Gasteiger partial charge in [0, 0.05) is 72.8 Å². The molecule has 34 rings (SSSR count). The number of nitrogens with zero attached hydrogens (tertiary/aromatic N) is 3. The molecular weight excluding hydrogens is 1660 g/mol. The lowest BCUT2D eigenvalue weighted by atomic mass is 9.43. The van der Waals surface area contributed by atoms with Crippen molar-refractivity contribution in [1.82, 2.24) is 0 Å². The summed E-state index contributed by atoms with van der Waals surface area (Å²) in [6.45, 7) is 4.73. The lowest BCUT2D eigenvalue weighted by Crippen LogP contribution is -2.55. The third-order valence-corrected chi connectivity index (χ3v) is 37.6. The van der Waals surface area contributed by atoms with E-state index >= 15 is 0 Å². The summed E-state index contributed by atoms with van der Waals surface area (Å²) in [5.74, 6) is 10.4. The fourth-order valence-electron chi connectivity index (χ4n) is 33.0. The van der Waals surface area contributed by atoms with Crippen LogP contribution in [0.25, 0.3) is 99.1 Å². The number of rotatable bonds is 11. The van der Waals surface area contributed by atoms with Crippen LogP contribution in [0.3, 0.4) is 0 Å². The average molecular weight is 1780 g/mol. The maximum absolute atomic E-state index is 2.55. The van der Waals surface area contributed by atoms with Gasteiger partial charge in [-0.05, 0) is 432 Å². The molecule has 138 heavy (non-hydrogen) atoms. The fraction of sp³-hybridized carbons (Fsp3) is 0.244. The molecule has 3 spiro atoms. The molecule has 0 radical (unpaired) electrons. The minimum atomic E-state index is 0.00624. The van der Waals surface area contributed by atoms with Crippen LogP contribution in [0.5, 0.6) is 0 Å². The monoisotopic (exact) mass is 1780 g/mol. The Morgan fingerprint density at radius 3 is 0.884 bits per heavy atom. The minimum absolute atomic E-state index is 0.00624. The molecular formula is C135H115N3. The molecule has 12 saturated carbocycles. The molecule has 16 aliphatic carbocycles. The van der Waals surface area contributed by atoms with E-state index in [1.807, 2.05) is 0 Å². The maximum Gasteiger partial charge on any atom is 0.0468 e. The molecule has 0 saturated heterocycles. The van der Waals surface area contributed by atoms with Gasteiger partial charge in [0.2, 0.25) is 0 Å². The Bertz CT molecular complexity index is 7850. The van der Waals surface area contributed by atoms with Gasteiger partial charge in [-0.2, -0.15) is 0 Å². The number of para-hydroxylation sites is 3. The normalized spacial score (nSPS) is 25.8. The third kappa shape index (κ3) is 12.2. The molecule has 0 amide bonds. The van der Waals surface area contributed by atoms with E-state index in [2.05, 4.69) is 435 Å². The van der Waals surface area contributed by atoms with E-state index in [0.717, 1.165) is 71.0 Å². The first-order valence-corrected chi connectivity index (χ1v) is 52.2. The second-order valence-corrected chi connectivity index (χ2v) is 44.6. The van der Waals surface area contributed by atoms with Gasteiger partial charge in [-0.25, -0.2) is 0 Å². The summed E-state index contributed by atoms with van der Waals surface area (Å²) in [5.41, 5.74) is 40.5. The Hall–Kier alpha value is -13.9. The van der Waals surface area contributed by atoms with Crippen LogP contribution in [-0.2, 0) is 21.7 Å². The molecule has 0 aromatic heterocycles. The molecule has 0 atom stereocenters. The standard InChI is InChI=1S/C48H39N.C44H37N.C43H39N/c1-2-9-39(10-3-1)49(40-19-16-33(17-20-40)35-18-22-43-36(29-35)15-14-34-8-4-5-11-42(34)43)41-21-23-47-45(30-41)44-12-6-7-13-46(44)48(47)37-25-31-24-32(27-37)28-38(48)26-31;1-2-12-37(13-3-1)45(38-14-8-11-33(27-38)34-18-17-31-9-4-5-10-32(31)26-34)39-19-20-43-41(28-39)40-15-6-7-16-42(40)44(43)35-22-29-21-30(24-35)25-36(44)23-29;1-42(2)38-14-8-6-12-34(38)36-25-32(16-18-39(36)42)44(31-10-4-3-5-11-31)33-17-19-41-37(26-33)35-13-7-9-15-40(35)43(41)29-21-27-20-28(23-29)24-30(43)22-27/h1-23,29-32,37-38H,24-28H2;1-20,26-30,35-36H,21-25H2;3-19,25-30H,20-24H2,1-2H3. The minimum Gasteiger partial charge on any atom is -0.310 e. The molecule has 0 unspecified atom stereocenters. The van der Waals surface area contributed by atoms with Crippen LogP contribution >= 0.6 is 0 Å². The van der Waals surface area contributed by atoms with Crippen LogP contribution in [0.2, 0.25) is 0 Å². The Morgan fingerprint density at radius 1 is 0.167 bits per heavy atom. The highest BCUT2D eigenvalue weighted by atomic mass is 15.2. The number of hydrogen-bond donors (Lipinski definition) is 0. The van der Waals surface area contributed by atoms with Crippen LogP contribution < -0.4 is 14.7 Å². The van der Waals surface area contributed by atoms with Crippen molar-refractivity contribution in [2.75, 3.05) is 14.7 Å². The maximum atomic E-state index is 2.55. The van der Waals surface area contributed by atoms with Crippen molar-refractivity contribution in [3.63, 3.8) is 0 Å². The summed E-state index contributed by atoms with van der Waals surface area (Å²) >= 11 is 0. The van der Waals surface area contributed by atoms with Gasteiger partial charge < -0.3 is 14.7 Å². The number of fused-ring (bicyclic) bond motifs is 16. The predicted molar refractivity (Wildman–Crippen MR) is 574 cm³/mol. The van der Waals surface area contributed by atoms with Crippen molar-refractivity contribution in [1.29, 1.82) is 0 Å². The van der Waals surface area contributed by atoms with Crippen molar-refractivity contribution in [2.24, 2.45) is 71.0 Å². The van der Waals surface area contributed by atoms with Crippen molar-refractivity contribution in [3.8, 4) is 66.8 Å². The SMILES string of the molecule is CC1(C)c2ccccc2-c2cc(N(c3ccccc3)c3ccc4c(c3)-c3ccccc3C43C4CC5CC(C4)CC3C5)ccc21.c1ccc(N(c2ccc(-c3ccc4c(ccc5ccccc54)c3)cc2)c2ccc3c(c2)-c2ccccc2C32C3CC4CC(C3)CC2C4)cc1.c1ccc(N(c2cccc(-c3ccc4ccccc4c3)c2)c2ccc3c(c2)-c2ccccc2C32C3CC4CC(C3)CC2C4)cc1. The second-order valence-electron chi connectivity index (χ2n) is 44.6. The Morgan fingerprint density at radius 2 is 0.435 bits per heavy atom. The van der Waals surface area contributed by atoms with E-state index in [9.17, 15) is 0 Å². The largest absolute Gasteiger partial charge is 0.310 e. The van der Waals surface area contributed by atoms with E-state index in [1.165, 1.54) is 258 Å². The fourth-order valence-corrected chi connectivity index (χ4v) is 33.0. The van der Waals surface area contributed by atoms with Gasteiger partial charge in [0.1, 0.15) is 0 Å². The highest BCUT2D eigenvalue weighted by Gasteiger charge is 2.65. The summed E-state index contributed by atoms with van der Waals surface area (Å²) < 4.78 is 0. The summed E-state index contributed by atoms with van der Waals surface area (Å²) in [6.07, 6.45) is 21.5. The van der Waals surface area contributed by atoms with Crippen LogP contribution in [0.4, 0.5) is 51.2 Å². The van der Waals surface area contributed by atoms with Crippen molar-refractivity contribution >= 4 is 83.5 Å².